The van der Waals surface area contributed by atoms with Crippen molar-refractivity contribution in [3.63, 3.8) is 0 Å². The van der Waals surface area contributed by atoms with Gasteiger partial charge in [0.05, 0.1) is 24.3 Å². The van der Waals surface area contributed by atoms with Gasteiger partial charge in [-0.25, -0.2) is 8.42 Å². The zero-order valence-electron chi connectivity index (χ0n) is 13.5. The molecule has 0 fully saturated rings. The maximum atomic E-state index is 12.2. The molecule has 2 aromatic rings. The summed E-state index contributed by atoms with van der Waals surface area (Å²) in [5.41, 5.74) is 4.39. The molecule has 0 bridgehead atoms. The molecular formula is C17H17ClN2O4S. The first-order valence-corrected chi connectivity index (χ1v) is 9.50. The van der Waals surface area contributed by atoms with Gasteiger partial charge in [-0.15, -0.1) is 0 Å². The molecule has 0 aliphatic heterocycles. The van der Waals surface area contributed by atoms with Crippen LogP contribution in [0.25, 0.3) is 0 Å². The van der Waals surface area contributed by atoms with Gasteiger partial charge in [-0.2, -0.15) is 5.10 Å². The highest BCUT2D eigenvalue weighted by atomic mass is 35.5. The Labute approximate surface area is 151 Å². The fourth-order valence-electron chi connectivity index (χ4n) is 1.96. The molecule has 0 aromatic heterocycles. The molecule has 8 heteroatoms. The lowest BCUT2D eigenvalue weighted by molar-refractivity contribution is -0.137. The van der Waals surface area contributed by atoms with E-state index in [0.29, 0.717) is 22.0 Å². The maximum Gasteiger partial charge on any atom is 0.320 e. The predicted octanol–water partition coefficient (Wildman–Crippen LogP) is 2.74. The lowest BCUT2D eigenvalue weighted by Gasteiger charge is -2.09. The molecule has 0 heterocycles. The summed E-state index contributed by atoms with van der Waals surface area (Å²) in [5.74, 6) is -1.90. The van der Waals surface area contributed by atoms with Gasteiger partial charge in [-0.3, -0.25) is 10.2 Å². The number of hydrogen-bond acceptors (Lipinski definition) is 6. The fraction of sp³-hybridized carbons (Fsp3) is 0.176. The van der Waals surface area contributed by atoms with Gasteiger partial charge in [0.15, 0.2) is 9.84 Å². The van der Waals surface area contributed by atoms with E-state index in [4.69, 9.17) is 11.6 Å². The van der Waals surface area contributed by atoms with Crippen LogP contribution in [-0.4, -0.2) is 38.7 Å². The van der Waals surface area contributed by atoms with E-state index in [1.807, 2.05) is 6.07 Å². The SMILES string of the molecule is COC(=O)CS(=O)(=O)C/C(=N/Nc1ccc(Cl)cc1)c1ccccc1. The molecule has 0 aliphatic carbocycles. The van der Waals surface area contributed by atoms with Crippen molar-refractivity contribution >= 4 is 38.8 Å². The van der Waals surface area contributed by atoms with Gasteiger partial charge in [0.25, 0.3) is 0 Å². The van der Waals surface area contributed by atoms with E-state index in [1.54, 1.807) is 48.5 Å². The summed E-state index contributed by atoms with van der Waals surface area (Å²) in [6.45, 7) is 0. The zero-order chi connectivity index (χ0) is 18.3. The van der Waals surface area contributed by atoms with Crippen molar-refractivity contribution < 1.29 is 17.9 Å². The number of nitrogens with zero attached hydrogens (tertiary/aromatic N) is 1. The van der Waals surface area contributed by atoms with E-state index in [0.717, 1.165) is 7.11 Å². The normalized spacial score (nSPS) is 11.8. The van der Waals surface area contributed by atoms with E-state index in [-0.39, 0.29) is 0 Å². The molecule has 132 valence electrons. The fourth-order valence-corrected chi connectivity index (χ4v) is 3.32. The molecule has 2 rings (SSSR count). The molecule has 0 saturated carbocycles. The van der Waals surface area contributed by atoms with Crippen molar-refractivity contribution in [2.45, 2.75) is 0 Å². The molecule has 1 N–H and O–H groups in total. The Hall–Kier alpha value is -2.38. The highest BCUT2D eigenvalue weighted by Gasteiger charge is 2.21. The smallest absolute Gasteiger partial charge is 0.320 e. The van der Waals surface area contributed by atoms with Gasteiger partial charge in [0.1, 0.15) is 5.75 Å². The molecule has 0 radical (unpaired) electrons. The summed E-state index contributed by atoms with van der Waals surface area (Å²) >= 11 is 5.83. The van der Waals surface area contributed by atoms with Gasteiger partial charge >= 0.3 is 5.97 Å². The third-order valence-electron chi connectivity index (χ3n) is 3.19. The Morgan fingerprint density at radius 1 is 1.08 bits per heavy atom. The van der Waals surface area contributed by atoms with Crippen molar-refractivity contribution in [1.29, 1.82) is 0 Å². The molecule has 0 aliphatic rings. The number of carbonyl (C=O) groups is 1. The first kappa shape index (κ1) is 19.0. The van der Waals surface area contributed by atoms with Gasteiger partial charge in [0.2, 0.25) is 0 Å². The predicted molar refractivity (Wildman–Crippen MR) is 98.7 cm³/mol. The number of halogens is 1. The average Bonchev–Trinajstić information content (AvgIpc) is 2.60. The summed E-state index contributed by atoms with van der Waals surface area (Å²) in [6.07, 6.45) is 0. The number of sulfone groups is 1. The summed E-state index contributed by atoms with van der Waals surface area (Å²) in [5, 5.41) is 4.79. The van der Waals surface area contributed by atoms with Crippen LogP contribution in [0.2, 0.25) is 5.02 Å². The monoisotopic (exact) mass is 380 g/mol. The van der Waals surface area contributed by atoms with E-state index < -0.39 is 27.3 Å². The summed E-state index contributed by atoms with van der Waals surface area (Å²) < 4.78 is 28.9. The molecule has 0 spiro atoms. The molecule has 6 nitrogen and oxygen atoms in total. The number of rotatable bonds is 7. The quantitative estimate of drug-likeness (QED) is 0.453. The van der Waals surface area contributed by atoms with Crippen LogP contribution in [0.4, 0.5) is 5.69 Å². The third-order valence-corrected chi connectivity index (χ3v) is 4.83. The maximum absolute atomic E-state index is 12.2. The number of hydrogen-bond donors (Lipinski definition) is 1. The van der Waals surface area contributed by atoms with Gasteiger partial charge in [-0.1, -0.05) is 41.9 Å². The minimum absolute atomic E-state index is 0.291. The minimum Gasteiger partial charge on any atom is -0.468 e. The number of methoxy groups -OCH3 is 1. The first-order chi connectivity index (χ1) is 11.9. The van der Waals surface area contributed by atoms with Crippen LogP contribution in [0.3, 0.4) is 0 Å². The zero-order valence-corrected chi connectivity index (χ0v) is 15.0. The molecule has 0 saturated heterocycles. The molecule has 0 unspecified atom stereocenters. The molecular weight excluding hydrogens is 364 g/mol. The topological polar surface area (TPSA) is 84.8 Å². The van der Waals surface area contributed by atoms with E-state index in [2.05, 4.69) is 15.3 Å². The number of nitrogens with one attached hydrogen (secondary N) is 1. The number of esters is 1. The Balaban J connectivity index is 2.26. The second kappa shape index (κ2) is 8.64. The second-order valence-corrected chi connectivity index (χ2v) is 7.65. The van der Waals surface area contributed by atoms with E-state index >= 15 is 0 Å². The number of carbonyl (C=O) groups excluding carboxylic acids is 1. The lowest BCUT2D eigenvalue weighted by atomic mass is 10.1. The van der Waals surface area contributed by atoms with Gasteiger partial charge < -0.3 is 4.74 Å². The average molecular weight is 381 g/mol. The number of hydrazone groups is 1. The number of ether oxygens (including phenoxy) is 1. The van der Waals surface area contributed by atoms with Crippen LogP contribution in [0, 0.1) is 0 Å². The van der Waals surface area contributed by atoms with Crippen LogP contribution in [-0.2, 0) is 19.4 Å². The molecule has 2 aromatic carbocycles. The highest BCUT2D eigenvalue weighted by Crippen LogP contribution is 2.14. The van der Waals surface area contributed by atoms with E-state index in [1.165, 1.54) is 0 Å². The lowest BCUT2D eigenvalue weighted by Crippen LogP contribution is -2.25. The van der Waals surface area contributed by atoms with Crippen LogP contribution >= 0.6 is 11.6 Å². The third kappa shape index (κ3) is 6.21. The first-order valence-electron chi connectivity index (χ1n) is 7.30. The number of anilines is 1. The van der Waals surface area contributed by atoms with Crippen LogP contribution in [0.1, 0.15) is 5.56 Å². The summed E-state index contributed by atoms with van der Waals surface area (Å²) in [7, 11) is -2.57. The van der Waals surface area contributed by atoms with Crippen molar-refractivity contribution in [2.75, 3.05) is 24.0 Å². The summed E-state index contributed by atoms with van der Waals surface area (Å²) in [4.78, 5) is 11.3. The summed E-state index contributed by atoms with van der Waals surface area (Å²) in [6, 6.07) is 15.7. The van der Waals surface area contributed by atoms with Crippen LogP contribution in [0.5, 0.6) is 0 Å². The Kier molecular flexibility index (Phi) is 6.55. The highest BCUT2D eigenvalue weighted by molar-refractivity contribution is 7.92. The Bertz CT molecular complexity index is 850. The van der Waals surface area contributed by atoms with E-state index in [9.17, 15) is 13.2 Å². The second-order valence-electron chi connectivity index (χ2n) is 5.15. The molecule has 25 heavy (non-hydrogen) atoms. The molecule has 0 amide bonds. The Morgan fingerprint density at radius 2 is 1.72 bits per heavy atom. The van der Waals surface area contributed by atoms with Crippen LogP contribution in [0.15, 0.2) is 59.7 Å². The van der Waals surface area contributed by atoms with Gasteiger partial charge in [-0.05, 0) is 29.8 Å². The van der Waals surface area contributed by atoms with Crippen molar-refractivity contribution in [2.24, 2.45) is 5.10 Å². The van der Waals surface area contributed by atoms with Crippen molar-refractivity contribution in [3.8, 4) is 0 Å². The number of benzene rings is 2. The van der Waals surface area contributed by atoms with Crippen LogP contribution < -0.4 is 5.43 Å². The largest absolute Gasteiger partial charge is 0.468 e. The van der Waals surface area contributed by atoms with Gasteiger partial charge in [0, 0.05) is 5.02 Å². The van der Waals surface area contributed by atoms with Crippen molar-refractivity contribution in [1.82, 2.24) is 0 Å². The standard InChI is InChI=1S/C17H17ClN2O4S/c1-24-17(21)12-25(22,23)11-16(13-5-3-2-4-6-13)20-19-15-9-7-14(18)8-10-15/h2-10,19H,11-12H2,1H3/b20-16-. The molecule has 0 atom stereocenters. The van der Waals surface area contributed by atoms with Crippen molar-refractivity contribution in [3.05, 3.63) is 65.2 Å². The Morgan fingerprint density at radius 3 is 2.32 bits per heavy atom. The minimum atomic E-state index is -3.72.